The lowest BCUT2D eigenvalue weighted by molar-refractivity contribution is 0.602. The molecule has 3 rings (SSSR count). The lowest BCUT2D eigenvalue weighted by Gasteiger charge is -2.17. The Hall–Kier alpha value is -2.53. The highest BCUT2D eigenvalue weighted by atomic mass is 32.2. The van der Waals surface area contributed by atoms with Crippen molar-refractivity contribution in [3.05, 3.63) is 66.2 Å². The van der Waals surface area contributed by atoms with E-state index in [0.717, 1.165) is 16.6 Å². The Kier molecular flexibility index (Phi) is 4.20. The summed E-state index contributed by atoms with van der Waals surface area (Å²) in [5.74, 6) is 0. The van der Waals surface area contributed by atoms with Gasteiger partial charge < -0.3 is 4.90 Å². The zero-order chi connectivity index (χ0) is 17.3. The molecular weight excluding hydrogens is 320 g/mol. The highest BCUT2D eigenvalue weighted by Gasteiger charge is 2.17. The Labute approximate surface area is 142 Å². The highest BCUT2D eigenvalue weighted by molar-refractivity contribution is 7.93. The van der Waals surface area contributed by atoms with E-state index in [1.54, 1.807) is 18.2 Å². The minimum absolute atomic E-state index is 0.287. The van der Waals surface area contributed by atoms with Crippen molar-refractivity contribution in [1.82, 2.24) is 0 Å². The number of aryl methyl sites for hydroxylation is 1. The first kappa shape index (κ1) is 16.3. The first-order valence-corrected chi connectivity index (χ1v) is 9.15. The van der Waals surface area contributed by atoms with Gasteiger partial charge in [0.25, 0.3) is 10.0 Å². The number of nitrogens with one attached hydrogen (secondary N) is 1. The fraction of sp³-hybridized carbons (Fsp3) is 0.158. The molecule has 5 heteroatoms. The Morgan fingerprint density at radius 3 is 2.33 bits per heavy atom. The Morgan fingerprint density at radius 1 is 0.917 bits per heavy atom. The molecule has 0 aliphatic carbocycles. The lowest BCUT2D eigenvalue weighted by atomic mass is 10.1. The van der Waals surface area contributed by atoms with Gasteiger partial charge in [-0.05, 0) is 42.1 Å². The summed E-state index contributed by atoms with van der Waals surface area (Å²) in [5.41, 5.74) is 2.63. The van der Waals surface area contributed by atoms with Crippen molar-refractivity contribution in [1.29, 1.82) is 0 Å². The van der Waals surface area contributed by atoms with E-state index in [9.17, 15) is 8.42 Å². The van der Waals surface area contributed by atoms with E-state index in [4.69, 9.17) is 0 Å². The number of hydrogen-bond acceptors (Lipinski definition) is 3. The monoisotopic (exact) mass is 340 g/mol. The molecule has 0 spiro atoms. The maximum atomic E-state index is 12.8. The quantitative estimate of drug-likeness (QED) is 0.780. The standard InChI is InChI=1S/C19H20N2O2S/c1-14-13-16(11-12-18(14)21(2)3)20-24(22,23)19-10-6-8-15-7-4-5-9-17(15)19/h4-13,20H,1-3H3. The van der Waals surface area contributed by atoms with Gasteiger partial charge in [0.1, 0.15) is 0 Å². The molecule has 4 nitrogen and oxygen atoms in total. The van der Waals surface area contributed by atoms with Crippen LogP contribution in [0.1, 0.15) is 5.56 Å². The van der Waals surface area contributed by atoms with Crippen molar-refractivity contribution in [3.8, 4) is 0 Å². The van der Waals surface area contributed by atoms with Crippen molar-refractivity contribution < 1.29 is 8.42 Å². The topological polar surface area (TPSA) is 49.4 Å². The molecular formula is C19H20N2O2S. The van der Waals surface area contributed by atoms with Gasteiger partial charge in [-0.25, -0.2) is 8.42 Å². The van der Waals surface area contributed by atoms with E-state index in [2.05, 4.69) is 4.72 Å². The average molecular weight is 340 g/mol. The van der Waals surface area contributed by atoms with Crippen molar-refractivity contribution in [3.63, 3.8) is 0 Å². The van der Waals surface area contributed by atoms with E-state index in [1.165, 1.54) is 0 Å². The molecule has 1 N–H and O–H groups in total. The average Bonchev–Trinajstić information content (AvgIpc) is 2.53. The summed E-state index contributed by atoms with van der Waals surface area (Å²) < 4.78 is 28.3. The molecule has 0 aliphatic heterocycles. The maximum Gasteiger partial charge on any atom is 0.262 e. The first-order valence-electron chi connectivity index (χ1n) is 7.67. The second-order valence-corrected chi connectivity index (χ2v) is 7.63. The molecule has 0 atom stereocenters. The molecule has 0 fully saturated rings. The van der Waals surface area contributed by atoms with Crippen LogP contribution in [-0.4, -0.2) is 22.5 Å². The molecule has 0 saturated heterocycles. The van der Waals surface area contributed by atoms with Crippen LogP contribution >= 0.6 is 0 Å². The van der Waals surface area contributed by atoms with Gasteiger partial charge in [0.05, 0.1) is 4.90 Å². The summed E-state index contributed by atoms with van der Waals surface area (Å²) in [5, 5.41) is 1.62. The van der Waals surface area contributed by atoms with Gasteiger partial charge in [-0.3, -0.25) is 4.72 Å². The van der Waals surface area contributed by atoms with Gasteiger partial charge in [0.2, 0.25) is 0 Å². The number of anilines is 2. The minimum Gasteiger partial charge on any atom is -0.377 e. The molecule has 0 saturated carbocycles. The predicted molar refractivity (Wildman–Crippen MR) is 100 cm³/mol. The molecule has 24 heavy (non-hydrogen) atoms. The van der Waals surface area contributed by atoms with Crippen molar-refractivity contribution in [2.45, 2.75) is 11.8 Å². The SMILES string of the molecule is Cc1cc(NS(=O)(=O)c2cccc3ccccc23)ccc1N(C)C. The Bertz CT molecular complexity index is 990. The summed E-state index contributed by atoms with van der Waals surface area (Å²) in [6.07, 6.45) is 0. The van der Waals surface area contributed by atoms with E-state index in [0.29, 0.717) is 11.1 Å². The summed E-state index contributed by atoms with van der Waals surface area (Å²) in [6.45, 7) is 1.96. The lowest BCUT2D eigenvalue weighted by Crippen LogP contribution is -2.14. The number of benzene rings is 3. The van der Waals surface area contributed by atoms with Crippen LogP contribution in [0.2, 0.25) is 0 Å². The second kappa shape index (κ2) is 6.17. The fourth-order valence-corrected chi connectivity index (χ4v) is 4.14. The van der Waals surface area contributed by atoms with Crippen molar-refractivity contribution in [2.24, 2.45) is 0 Å². The van der Waals surface area contributed by atoms with Crippen molar-refractivity contribution >= 4 is 32.2 Å². The normalized spacial score (nSPS) is 11.5. The molecule has 3 aromatic carbocycles. The van der Waals surface area contributed by atoms with Crippen LogP contribution in [0.4, 0.5) is 11.4 Å². The Morgan fingerprint density at radius 2 is 1.62 bits per heavy atom. The predicted octanol–water partition coefficient (Wildman–Crippen LogP) is 4.02. The molecule has 124 valence electrons. The molecule has 0 aromatic heterocycles. The largest absolute Gasteiger partial charge is 0.377 e. The van der Waals surface area contributed by atoms with Gasteiger partial charge in [0, 0.05) is 30.9 Å². The van der Waals surface area contributed by atoms with E-state index >= 15 is 0 Å². The van der Waals surface area contributed by atoms with E-state index in [1.807, 2.05) is 68.4 Å². The molecule has 0 radical (unpaired) electrons. The second-order valence-electron chi connectivity index (χ2n) is 5.98. The summed E-state index contributed by atoms with van der Waals surface area (Å²) >= 11 is 0. The van der Waals surface area contributed by atoms with Crippen molar-refractivity contribution in [2.75, 3.05) is 23.7 Å². The van der Waals surface area contributed by atoms with Gasteiger partial charge in [-0.15, -0.1) is 0 Å². The summed E-state index contributed by atoms with van der Waals surface area (Å²) in [6, 6.07) is 18.3. The Balaban J connectivity index is 2.01. The van der Waals surface area contributed by atoms with Crippen LogP contribution in [0.25, 0.3) is 10.8 Å². The summed E-state index contributed by atoms with van der Waals surface area (Å²) in [7, 11) is 0.268. The molecule has 0 amide bonds. The van der Waals surface area contributed by atoms with Crippen LogP contribution in [0, 0.1) is 6.92 Å². The van der Waals surface area contributed by atoms with Crippen LogP contribution in [0.5, 0.6) is 0 Å². The minimum atomic E-state index is -3.65. The fourth-order valence-electron chi connectivity index (χ4n) is 2.86. The van der Waals surface area contributed by atoms with Gasteiger partial charge >= 0.3 is 0 Å². The van der Waals surface area contributed by atoms with Gasteiger partial charge in [-0.1, -0.05) is 36.4 Å². The van der Waals surface area contributed by atoms with E-state index < -0.39 is 10.0 Å². The zero-order valence-electron chi connectivity index (χ0n) is 13.9. The molecule has 0 unspecified atom stereocenters. The third kappa shape index (κ3) is 3.08. The highest BCUT2D eigenvalue weighted by Crippen LogP contribution is 2.27. The number of rotatable bonds is 4. The zero-order valence-corrected chi connectivity index (χ0v) is 14.8. The maximum absolute atomic E-state index is 12.8. The van der Waals surface area contributed by atoms with Crippen LogP contribution in [-0.2, 0) is 10.0 Å². The molecule has 0 bridgehead atoms. The third-order valence-electron chi connectivity index (χ3n) is 3.97. The summed E-state index contributed by atoms with van der Waals surface area (Å²) in [4.78, 5) is 2.29. The number of fused-ring (bicyclic) bond motifs is 1. The van der Waals surface area contributed by atoms with Crippen LogP contribution in [0.15, 0.2) is 65.6 Å². The molecule has 0 heterocycles. The van der Waals surface area contributed by atoms with Gasteiger partial charge in [0.15, 0.2) is 0 Å². The molecule has 0 aliphatic rings. The van der Waals surface area contributed by atoms with Crippen LogP contribution < -0.4 is 9.62 Å². The number of sulfonamides is 1. The first-order chi connectivity index (χ1) is 11.4. The van der Waals surface area contributed by atoms with E-state index in [-0.39, 0.29) is 4.90 Å². The van der Waals surface area contributed by atoms with Crippen LogP contribution in [0.3, 0.4) is 0 Å². The van der Waals surface area contributed by atoms with Gasteiger partial charge in [-0.2, -0.15) is 0 Å². The third-order valence-corrected chi connectivity index (χ3v) is 5.41. The smallest absolute Gasteiger partial charge is 0.262 e. The molecule has 3 aromatic rings. The number of nitrogens with zero attached hydrogens (tertiary/aromatic N) is 1. The number of hydrogen-bond donors (Lipinski definition) is 1.